The van der Waals surface area contributed by atoms with E-state index in [-0.39, 0.29) is 19.6 Å². The van der Waals surface area contributed by atoms with Crippen LogP contribution in [-0.4, -0.2) is 142 Å². The van der Waals surface area contributed by atoms with Gasteiger partial charge in [-0.3, -0.25) is 4.79 Å². The molecule has 0 spiro atoms. The van der Waals surface area contributed by atoms with Crippen molar-refractivity contribution in [2.45, 2.75) is 197 Å². The van der Waals surface area contributed by atoms with Gasteiger partial charge in [0.1, 0.15) is 54.9 Å². The molecule has 352 valence electrons. The minimum atomic E-state index is -1.72. The number of carbonyl (C=O) groups excluding carboxylic acids is 1. The van der Waals surface area contributed by atoms with E-state index < -0.39 is 86.7 Å². The van der Waals surface area contributed by atoms with Crippen molar-refractivity contribution in [2.75, 3.05) is 33.0 Å². The summed E-state index contributed by atoms with van der Waals surface area (Å²) in [5, 5.41) is 71.9. The molecular formula is C47H80O14. The van der Waals surface area contributed by atoms with Crippen molar-refractivity contribution in [3.05, 3.63) is 60.8 Å². The van der Waals surface area contributed by atoms with Crippen LogP contribution in [0, 0.1) is 0 Å². The van der Waals surface area contributed by atoms with Gasteiger partial charge in [-0.25, -0.2) is 0 Å². The molecule has 2 aliphatic rings. The minimum absolute atomic E-state index is 0.00629. The normalized spacial score (nSPS) is 28.0. The number of hydrogen-bond donors (Lipinski definition) is 7. The van der Waals surface area contributed by atoms with Crippen LogP contribution >= 0.6 is 0 Å². The van der Waals surface area contributed by atoms with Crippen LogP contribution in [0.2, 0.25) is 0 Å². The third-order valence-corrected chi connectivity index (χ3v) is 10.6. The molecule has 0 aromatic carbocycles. The number of rotatable bonds is 34. The van der Waals surface area contributed by atoms with E-state index in [1.54, 1.807) is 0 Å². The summed E-state index contributed by atoms with van der Waals surface area (Å²) in [7, 11) is 0. The zero-order valence-corrected chi connectivity index (χ0v) is 36.9. The number of carbonyl (C=O) groups is 1. The Kier molecular flexibility index (Phi) is 31.5. The first-order chi connectivity index (χ1) is 29.6. The Morgan fingerprint density at radius 1 is 0.557 bits per heavy atom. The first-order valence-electron chi connectivity index (χ1n) is 22.9. The van der Waals surface area contributed by atoms with Gasteiger partial charge in [0.2, 0.25) is 0 Å². The molecule has 0 radical (unpaired) electrons. The van der Waals surface area contributed by atoms with Gasteiger partial charge < -0.3 is 64.2 Å². The first-order valence-corrected chi connectivity index (χ1v) is 22.9. The van der Waals surface area contributed by atoms with Gasteiger partial charge in [-0.15, -0.1) is 0 Å². The molecule has 2 rings (SSSR count). The van der Waals surface area contributed by atoms with E-state index in [1.807, 2.05) is 6.08 Å². The monoisotopic (exact) mass is 869 g/mol. The highest BCUT2D eigenvalue weighted by atomic mass is 16.7. The number of ether oxygens (including phenoxy) is 6. The second-order valence-corrected chi connectivity index (χ2v) is 15.8. The summed E-state index contributed by atoms with van der Waals surface area (Å²) < 4.78 is 34.0. The van der Waals surface area contributed by atoms with Crippen LogP contribution in [0.25, 0.3) is 0 Å². The summed E-state index contributed by atoms with van der Waals surface area (Å²) in [5.74, 6) is -0.405. The lowest BCUT2D eigenvalue weighted by Gasteiger charge is -2.42. The van der Waals surface area contributed by atoms with E-state index in [2.05, 4.69) is 68.5 Å². The van der Waals surface area contributed by atoms with Crippen molar-refractivity contribution >= 4 is 5.97 Å². The number of aliphatic hydroxyl groups is 7. The number of unbranched alkanes of at least 4 members (excludes halogenated alkanes) is 10. The molecule has 11 atom stereocenters. The van der Waals surface area contributed by atoms with Crippen molar-refractivity contribution in [1.29, 1.82) is 0 Å². The number of hydrogen-bond acceptors (Lipinski definition) is 14. The Hall–Kier alpha value is -2.31. The summed E-state index contributed by atoms with van der Waals surface area (Å²) >= 11 is 0. The molecule has 14 nitrogen and oxygen atoms in total. The lowest BCUT2D eigenvalue weighted by molar-refractivity contribution is -0.332. The summed E-state index contributed by atoms with van der Waals surface area (Å²) in [5.41, 5.74) is 0. The number of esters is 1. The Balaban J connectivity index is 1.85. The van der Waals surface area contributed by atoms with Gasteiger partial charge in [-0.1, -0.05) is 139 Å². The second kappa shape index (κ2) is 35.1. The topological polar surface area (TPSA) is 214 Å². The van der Waals surface area contributed by atoms with Crippen LogP contribution in [0.4, 0.5) is 0 Å². The maximum atomic E-state index is 12.9. The van der Waals surface area contributed by atoms with Gasteiger partial charge >= 0.3 is 5.97 Å². The fraction of sp³-hybridized carbons (Fsp3) is 0.766. The SMILES string of the molecule is CC/C=C\C/C=C\C/C=C\C/C=C\C/C=C\CCOCC(COC1OC(COC2OC(CO)C(O)C(O)C2O)C(O)C(O)C1O)OC(=O)CCCCCCCCCCCCC. The molecule has 0 aromatic rings. The molecule has 14 heteroatoms. The molecule has 0 saturated carbocycles. The van der Waals surface area contributed by atoms with Crippen LogP contribution in [0.15, 0.2) is 60.8 Å². The quantitative estimate of drug-likeness (QED) is 0.0245. The largest absolute Gasteiger partial charge is 0.457 e. The standard InChI is InChI=1S/C47H80O14/c1-3-5-7-9-11-13-15-16-17-18-19-21-23-25-27-29-31-56-33-36(59-39(49)30-28-26-24-22-20-14-12-10-8-6-4-2)34-57-46-45(55)43(53)41(51)38(61-46)35-58-47-44(54)42(52)40(50)37(32-48)60-47/h5,7,11,13,16-17,19,21,25,27,36-38,40-48,50-55H,3-4,6,8-10,12,14-15,18,20,22-24,26,28-35H2,1-2H3/b7-5-,13-11-,17-16-,21-19-,27-25-. The van der Waals surface area contributed by atoms with Crippen molar-refractivity contribution in [3.8, 4) is 0 Å². The maximum absolute atomic E-state index is 12.9. The number of aliphatic hydroxyl groups excluding tert-OH is 7. The first kappa shape index (κ1) is 54.8. The zero-order valence-electron chi connectivity index (χ0n) is 36.9. The maximum Gasteiger partial charge on any atom is 0.306 e. The molecular weight excluding hydrogens is 789 g/mol. The van der Waals surface area contributed by atoms with Gasteiger partial charge in [0.05, 0.1) is 33.0 Å². The molecule has 2 heterocycles. The van der Waals surface area contributed by atoms with Crippen molar-refractivity contribution < 1.29 is 69.0 Å². The fourth-order valence-electron chi connectivity index (χ4n) is 6.82. The molecule has 2 fully saturated rings. The van der Waals surface area contributed by atoms with Gasteiger partial charge in [0.15, 0.2) is 12.6 Å². The average Bonchev–Trinajstić information content (AvgIpc) is 3.25. The summed E-state index contributed by atoms with van der Waals surface area (Å²) in [6.07, 6.45) is 23.2. The van der Waals surface area contributed by atoms with Crippen LogP contribution in [0.1, 0.15) is 129 Å². The minimum Gasteiger partial charge on any atom is -0.457 e. The van der Waals surface area contributed by atoms with Gasteiger partial charge in [0, 0.05) is 6.42 Å². The highest BCUT2D eigenvalue weighted by Crippen LogP contribution is 2.26. The summed E-state index contributed by atoms with van der Waals surface area (Å²) in [6, 6.07) is 0. The summed E-state index contributed by atoms with van der Waals surface area (Å²) in [6.45, 7) is 3.31. The van der Waals surface area contributed by atoms with E-state index in [4.69, 9.17) is 28.4 Å². The second-order valence-electron chi connectivity index (χ2n) is 15.8. The molecule has 2 saturated heterocycles. The van der Waals surface area contributed by atoms with Crippen LogP contribution in [0.3, 0.4) is 0 Å². The van der Waals surface area contributed by atoms with Crippen LogP contribution < -0.4 is 0 Å². The third-order valence-electron chi connectivity index (χ3n) is 10.6. The lowest BCUT2D eigenvalue weighted by atomic mass is 9.98. The molecule has 0 aromatic heterocycles. The lowest BCUT2D eigenvalue weighted by Crippen LogP contribution is -2.61. The van der Waals surface area contributed by atoms with E-state index in [1.165, 1.54) is 44.9 Å². The van der Waals surface area contributed by atoms with E-state index in [0.717, 1.165) is 51.4 Å². The van der Waals surface area contributed by atoms with Gasteiger partial charge in [0.25, 0.3) is 0 Å². The Morgan fingerprint density at radius 3 is 1.57 bits per heavy atom. The zero-order chi connectivity index (χ0) is 44.5. The van der Waals surface area contributed by atoms with Gasteiger partial charge in [-0.2, -0.15) is 0 Å². The Bertz CT molecular complexity index is 1240. The van der Waals surface area contributed by atoms with Gasteiger partial charge in [-0.05, 0) is 44.9 Å². The predicted molar refractivity (Wildman–Crippen MR) is 233 cm³/mol. The number of allylic oxidation sites excluding steroid dienone is 9. The van der Waals surface area contributed by atoms with E-state index in [0.29, 0.717) is 19.4 Å². The van der Waals surface area contributed by atoms with Crippen LogP contribution in [0.5, 0.6) is 0 Å². The van der Waals surface area contributed by atoms with Crippen molar-refractivity contribution in [3.63, 3.8) is 0 Å². The highest BCUT2D eigenvalue weighted by Gasteiger charge is 2.47. The van der Waals surface area contributed by atoms with Crippen molar-refractivity contribution in [2.24, 2.45) is 0 Å². The molecule has 61 heavy (non-hydrogen) atoms. The summed E-state index contributed by atoms with van der Waals surface area (Å²) in [4.78, 5) is 12.9. The Labute approximate surface area is 364 Å². The van der Waals surface area contributed by atoms with E-state index in [9.17, 15) is 40.5 Å². The smallest absolute Gasteiger partial charge is 0.306 e. The average molecular weight is 869 g/mol. The molecule has 0 bridgehead atoms. The molecule has 2 aliphatic heterocycles. The predicted octanol–water partition coefficient (Wildman–Crippen LogP) is 5.40. The molecule has 7 N–H and O–H groups in total. The fourth-order valence-corrected chi connectivity index (χ4v) is 6.82. The van der Waals surface area contributed by atoms with E-state index >= 15 is 0 Å². The molecule has 0 aliphatic carbocycles. The third kappa shape index (κ3) is 23.8. The molecule has 11 unspecified atom stereocenters. The Morgan fingerprint density at radius 2 is 1.03 bits per heavy atom. The molecule has 0 amide bonds. The van der Waals surface area contributed by atoms with Crippen LogP contribution in [-0.2, 0) is 33.2 Å². The van der Waals surface area contributed by atoms with Crippen molar-refractivity contribution in [1.82, 2.24) is 0 Å². The highest BCUT2D eigenvalue weighted by molar-refractivity contribution is 5.69.